The number of nitrogens with two attached hydrogens (primary N) is 1. The van der Waals surface area contributed by atoms with Crippen LogP contribution in [-0.2, 0) is 9.53 Å². The molecule has 2 rings (SSSR count). The lowest BCUT2D eigenvalue weighted by atomic mass is 10.0. The Morgan fingerprint density at radius 1 is 1.53 bits per heavy atom. The van der Waals surface area contributed by atoms with Gasteiger partial charge in [-0.15, -0.1) is 0 Å². The van der Waals surface area contributed by atoms with Gasteiger partial charge in [-0.1, -0.05) is 12.1 Å². The lowest BCUT2D eigenvalue weighted by Gasteiger charge is -2.27. The van der Waals surface area contributed by atoms with Crippen LogP contribution < -0.4 is 15.8 Å². The van der Waals surface area contributed by atoms with Crippen LogP contribution in [0.15, 0.2) is 24.3 Å². The molecule has 1 heterocycles. The number of ether oxygens (including phenoxy) is 2. The van der Waals surface area contributed by atoms with Gasteiger partial charge in [0.25, 0.3) is 5.91 Å². The van der Waals surface area contributed by atoms with Crippen molar-refractivity contribution in [1.82, 2.24) is 5.32 Å². The van der Waals surface area contributed by atoms with Gasteiger partial charge in [0.1, 0.15) is 5.75 Å². The Morgan fingerprint density at radius 3 is 3.05 bits per heavy atom. The summed E-state index contributed by atoms with van der Waals surface area (Å²) >= 11 is 0. The fraction of sp³-hybridized carbons (Fsp3) is 0.500. The molecule has 1 aromatic rings. The van der Waals surface area contributed by atoms with Crippen molar-refractivity contribution in [3.63, 3.8) is 0 Å². The summed E-state index contributed by atoms with van der Waals surface area (Å²) in [7, 11) is 0. The van der Waals surface area contributed by atoms with Crippen LogP contribution in [0.4, 0.5) is 5.69 Å². The van der Waals surface area contributed by atoms with Gasteiger partial charge >= 0.3 is 0 Å². The molecule has 0 bridgehead atoms. The minimum atomic E-state index is -0.123. The first-order chi connectivity index (χ1) is 9.15. The molecule has 0 saturated carbocycles. The van der Waals surface area contributed by atoms with Gasteiger partial charge < -0.3 is 20.5 Å². The Morgan fingerprint density at radius 2 is 2.32 bits per heavy atom. The number of hydrogen-bond acceptors (Lipinski definition) is 4. The minimum absolute atomic E-state index is 0.0139. The number of para-hydroxylation sites is 2. The molecule has 0 spiro atoms. The van der Waals surface area contributed by atoms with Gasteiger partial charge in [0.05, 0.1) is 11.8 Å². The second kappa shape index (κ2) is 6.43. The average molecular weight is 264 g/mol. The Bertz CT molecular complexity index is 436. The summed E-state index contributed by atoms with van der Waals surface area (Å²) in [5, 5.41) is 2.95. The van der Waals surface area contributed by atoms with E-state index < -0.39 is 0 Å². The van der Waals surface area contributed by atoms with Crippen LogP contribution in [0.5, 0.6) is 5.75 Å². The van der Waals surface area contributed by atoms with E-state index in [0.29, 0.717) is 18.0 Å². The molecule has 1 amide bonds. The van der Waals surface area contributed by atoms with Crippen molar-refractivity contribution in [3.8, 4) is 5.75 Å². The third-order valence-corrected chi connectivity index (χ3v) is 3.13. The van der Waals surface area contributed by atoms with E-state index in [1.54, 1.807) is 12.1 Å². The molecule has 19 heavy (non-hydrogen) atoms. The first kappa shape index (κ1) is 13.7. The summed E-state index contributed by atoms with van der Waals surface area (Å²) < 4.78 is 10.8. The summed E-state index contributed by atoms with van der Waals surface area (Å²) in [5.41, 5.74) is 6.27. The smallest absolute Gasteiger partial charge is 0.258 e. The minimum Gasteiger partial charge on any atom is -0.482 e. The van der Waals surface area contributed by atoms with Crippen molar-refractivity contribution in [2.45, 2.75) is 31.9 Å². The van der Waals surface area contributed by atoms with E-state index in [1.807, 2.05) is 19.1 Å². The number of nitrogen functional groups attached to an aromatic ring is 1. The van der Waals surface area contributed by atoms with E-state index in [1.165, 1.54) is 0 Å². The zero-order valence-electron chi connectivity index (χ0n) is 11.1. The van der Waals surface area contributed by atoms with E-state index in [9.17, 15) is 4.79 Å². The molecule has 1 aromatic carbocycles. The van der Waals surface area contributed by atoms with Crippen LogP contribution in [0.1, 0.15) is 19.8 Å². The zero-order chi connectivity index (χ0) is 13.7. The van der Waals surface area contributed by atoms with Crippen molar-refractivity contribution in [3.05, 3.63) is 24.3 Å². The SMILES string of the molecule is CC1CC(NC(=O)COc2ccccc2N)CCO1. The molecule has 1 aliphatic heterocycles. The molecule has 1 aliphatic rings. The maximum atomic E-state index is 11.8. The Labute approximate surface area is 113 Å². The summed E-state index contributed by atoms with van der Waals surface area (Å²) in [6.07, 6.45) is 1.90. The van der Waals surface area contributed by atoms with E-state index in [-0.39, 0.29) is 24.7 Å². The average Bonchev–Trinajstić information content (AvgIpc) is 2.38. The van der Waals surface area contributed by atoms with Crippen LogP contribution in [0, 0.1) is 0 Å². The van der Waals surface area contributed by atoms with E-state index >= 15 is 0 Å². The van der Waals surface area contributed by atoms with Crippen LogP contribution in [0.2, 0.25) is 0 Å². The van der Waals surface area contributed by atoms with Gasteiger partial charge in [-0.25, -0.2) is 0 Å². The molecule has 0 aromatic heterocycles. The molecule has 0 radical (unpaired) electrons. The second-order valence-corrected chi connectivity index (χ2v) is 4.80. The third-order valence-electron chi connectivity index (χ3n) is 3.13. The van der Waals surface area contributed by atoms with Gasteiger partial charge in [-0.05, 0) is 31.9 Å². The molecule has 1 saturated heterocycles. The number of benzene rings is 1. The van der Waals surface area contributed by atoms with E-state index in [2.05, 4.69) is 5.32 Å². The third kappa shape index (κ3) is 4.13. The second-order valence-electron chi connectivity index (χ2n) is 4.80. The Balaban J connectivity index is 1.77. The molecule has 0 aliphatic carbocycles. The first-order valence-corrected chi connectivity index (χ1v) is 6.53. The number of rotatable bonds is 4. The topological polar surface area (TPSA) is 73.6 Å². The van der Waals surface area contributed by atoms with Gasteiger partial charge in [-0.3, -0.25) is 4.79 Å². The molecule has 104 valence electrons. The highest BCUT2D eigenvalue weighted by Crippen LogP contribution is 2.19. The molecule has 2 atom stereocenters. The lowest BCUT2D eigenvalue weighted by Crippen LogP contribution is -2.43. The van der Waals surface area contributed by atoms with Gasteiger partial charge in [0.2, 0.25) is 0 Å². The molecular weight excluding hydrogens is 244 g/mol. The quantitative estimate of drug-likeness (QED) is 0.805. The maximum absolute atomic E-state index is 11.8. The first-order valence-electron chi connectivity index (χ1n) is 6.53. The number of carbonyl (C=O) groups excluding carboxylic acids is 1. The highest BCUT2D eigenvalue weighted by Gasteiger charge is 2.20. The molecule has 2 unspecified atom stereocenters. The highest BCUT2D eigenvalue weighted by atomic mass is 16.5. The molecule has 5 nitrogen and oxygen atoms in total. The van der Waals surface area contributed by atoms with Crippen LogP contribution in [-0.4, -0.2) is 31.3 Å². The molecule has 5 heteroatoms. The number of anilines is 1. The monoisotopic (exact) mass is 264 g/mol. The van der Waals surface area contributed by atoms with Crippen LogP contribution in [0.25, 0.3) is 0 Å². The van der Waals surface area contributed by atoms with Gasteiger partial charge in [-0.2, -0.15) is 0 Å². The normalized spacial score (nSPS) is 22.8. The predicted octanol–water partition coefficient (Wildman–Crippen LogP) is 1.33. The molecule has 3 N–H and O–H groups in total. The summed E-state index contributed by atoms with van der Waals surface area (Å²) in [4.78, 5) is 11.8. The number of carbonyl (C=O) groups is 1. The number of nitrogens with one attached hydrogen (secondary N) is 1. The maximum Gasteiger partial charge on any atom is 0.258 e. The summed E-state index contributed by atoms with van der Waals surface area (Å²) in [6.45, 7) is 2.69. The standard InChI is InChI=1S/C14H20N2O3/c1-10-8-11(6-7-18-10)16-14(17)9-19-13-5-3-2-4-12(13)15/h2-5,10-11H,6-9,15H2,1H3,(H,16,17). The van der Waals surface area contributed by atoms with Gasteiger partial charge in [0, 0.05) is 12.6 Å². The summed E-state index contributed by atoms with van der Waals surface area (Å²) in [5.74, 6) is 0.417. The van der Waals surface area contributed by atoms with Crippen molar-refractivity contribution in [2.24, 2.45) is 0 Å². The highest BCUT2D eigenvalue weighted by molar-refractivity contribution is 5.78. The molecular formula is C14H20N2O3. The largest absolute Gasteiger partial charge is 0.482 e. The van der Waals surface area contributed by atoms with Crippen molar-refractivity contribution in [1.29, 1.82) is 0 Å². The van der Waals surface area contributed by atoms with Crippen molar-refractivity contribution >= 4 is 11.6 Å². The zero-order valence-corrected chi connectivity index (χ0v) is 11.1. The lowest BCUT2D eigenvalue weighted by molar-refractivity contribution is -0.124. The predicted molar refractivity (Wildman–Crippen MR) is 72.9 cm³/mol. The number of hydrogen-bond donors (Lipinski definition) is 2. The van der Waals surface area contributed by atoms with Crippen molar-refractivity contribution in [2.75, 3.05) is 18.9 Å². The fourth-order valence-corrected chi connectivity index (χ4v) is 2.15. The van der Waals surface area contributed by atoms with Gasteiger partial charge in [0.15, 0.2) is 6.61 Å². The summed E-state index contributed by atoms with van der Waals surface area (Å²) in [6, 6.07) is 7.31. The molecule has 1 fully saturated rings. The van der Waals surface area contributed by atoms with E-state index in [4.69, 9.17) is 15.2 Å². The van der Waals surface area contributed by atoms with E-state index in [0.717, 1.165) is 12.8 Å². The fourth-order valence-electron chi connectivity index (χ4n) is 2.15. The Kier molecular flexibility index (Phi) is 4.63. The van der Waals surface area contributed by atoms with Crippen LogP contribution in [0.3, 0.4) is 0 Å². The van der Waals surface area contributed by atoms with Crippen LogP contribution >= 0.6 is 0 Å². The van der Waals surface area contributed by atoms with Crippen molar-refractivity contribution < 1.29 is 14.3 Å². The number of amides is 1. The Hall–Kier alpha value is -1.75.